The largest absolute Gasteiger partial charge is 0.352 e. The van der Waals surface area contributed by atoms with E-state index in [0.717, 1.165) is 30.8 Å². The first-order valence-electron chi connectivity index (χ1n) is 6.18. The third-order valence-electron chi connectivity index (χ3n) is 3.32. The van der Waals surface area contributed by atoms with Crippen LogP contribution in [0.15, 0.2) is 24.3 Å². The van der Waals surface area contributed by atoms with Crippen LogP contribution in [0.2, 0.25) is 0 Å². The quantitative estimate of drug-likeness (QED) is 0.860. The zero-order chi connectivity index (χ0) is 12.3. The molecule has 3 nitrogen and oxygen atoms in total. The Morgan fingerprint density at radius 1 is 1.53 bits per heavy atom. The first kappa shape index (κ1) is 12.1. The molecule has 1 amide bonds. The van der Waals surface area contributed by atoms with Crippen molar-refractivity contribution in [2.75, 3.05) is 26.7 Å². The average molecular weight is 232 g/mol. The van der Waals surface area contributed by atoms with Crippen molar-refractivity contribution in [1.82, 2.24) is 10.2 Å². The zero-order valence-electron chi connectivity index (χ0n) is 10.6. The molecule has 0 aromatic heterocycles. The van der Waals surface area contributed by atoms with Crippen molar-refractivity contribution < 1.29 is 4.79 Å². The topological polar surface area (TPSA) is 32.3 Å². The first-order valence-corrected chi connectivity index (χ1v) is 6.18. The molecule has 0 radical (unpaired) electrons. The van der Waals surface area contributed by atoms with E-state index in [-0.39, 0.29) is 5.91 Å². The van der Waals surface area contributed by atoms with Gasteiger partial charge in [0.2, 0.25) is 0 Å². The Morgan fingerprint density at radius 3 is 3.00 bits per heavy atom. The Hall–Kier alpha value is -1.35. The van der Waals surface area contributed by atoms with Gasteiger partial charge in [-0.3, -0.25) is 4.79 Å². The van der Waals surface area contributed by atoms with Gasteiger partial charge in [-0.1, -0.05) is 17.7 Å². The summed E-state index contributed by atoms with van der Waals surface area (Å²) >= 11 is 0. The molecule has 1 saturated heterocycles. The van der Waals surface area contributed by atoms with Crippen LogP contribution in [0.1, 0.15) is 22.3 Å². The number of hydrogen-bond donors (Lipinski definition) is 1. The highest BCUT2D eigenvalue weighted by Crippen LogP contribution is 2.13. The third kappa shape index (κ3) is 3.30. The van der Waals surface area contributed by atoms with Crippen LogP contribution >= 0.6 is 0 Å². The minimum Gasteiger partial charge on any atom is -0.352 e. The second-order valence-corrected chi connectivity index (χ2v) is 5.00. The number of nitrogens with zero attached hydrogens (tertiary/aromatic N) is 1. The van der Waals surface area contributed by atoms with E-state index in [2.05, 4.69) is 17.3 Å². The number of aryl methyl sites for hydroxylation is 1. The molecule has 1 N–H and O–H groups in total. The molecule has 1 aromatic carbocycles. The SMILES string of the molecule is Cc1cccc(C(=O)NCC2CCN(C)C2)c1. The zero-order valence-corrected chi connectivity index (χ0v) is 10.6. The van der Waals surface area contributed by atoms with Crippen LogP contribution in [-0.2, 0) is 0 Å². The molecule has 0 spiro atoms. The lowest BCUT2D eigenvalue weighted by atomic mass is 10.1. The predicted octanol–water partition coefficient (Wildman–Crippen LogP) is 1.68. The fourth-order valence-electron chi connectivity index (χ4n) is 2.32. The molecule has 17 heavy (non-hydrogen) atoms. The monoisotopic (exact) mass is 232 g/mol. The van der Waals surface area contributed by atoms with E-state index in [1.807, 2.05) is 31.2 Å². The molecule has 1 aliphatic heterocycles. The van der Waals surface area contributed by atoms with Crippen LogP contribution in [0.25, 0.3) is 0 Å². The van der Waals surface area contributed by atoms with Crippen LogP contribution in [0.3, 0.4) is 0 Å². The molecule has 92 valence electrons. The van der Waals surface area contributed by atoms with Gasteiger partial charge >= 0.3 is 0 Å². The van der Waals surface area contributed by atoms with E-state index in [1.165, 1.54) is 6.42 Å². The van der Waals surface area contributed by atoms with Gasteiger partial charge in [0.05, 0.1) is 0 Å². The molecular formula is C14H20N2O. The van der Waals surface area contributed by atoms with Gasteiger partial charge in [0, 0.05) is 18.7 Å². The minimum absolute atomic E-state index is 0.0447. The average Bonchev–Trinajstić information content (AvgIpc) is 2.72. The highest BCUT2D eigenvalue weighted by Gasteiger charge is 2.19. The summed E-state index contributed by atoms with van der Waals surface area (Å²) < 4.78 is 0. The smallest absolute Gasteiger partial charge is 0.251 e. The normalized spacial score (nSPS) is 20.5. The van der Waals surface area contributed by atoms with Gasteiger partial charge in [-0.05, 0) is 45.0 Å². The summed E-state index contributed by atoms with van der Waals surface area (Å²) in [7, 11) is 2.13. The molecule has 0 bridgehead atoms. The van der Waals surface area contributed by atoms with E-state index >= 15 is 0 Å². The van der Waals surface area contributed by atoms with Gasteiger partial charge in [0.15, 0.2) is 0 Å². The molecule has 3 heteroatoms. The highest BCUT2D eigenvalue weighted by atomic mass is 16.1. The van der Waals surface area contributed by atoms with E-state index < -0.39 is 0 Å². The number of nitrogens with one attached hydrogen (secondary N) is 1. The van der Waals surface area contributed by atoms with Gasteiger partial charge in [-0.25, -0.2) is 0 Å². The van der Waals surface area contributed by atoms with Gasteiger partial charge in [0.1, 0.15) is 0 Å². The molecule has 1 aliphatic rings. The molecule has 2 rings (SSSR count). The summed E-state index contributed by atoms with van der Waals surface area (Å²) in [6, 6.07) is 7.72. The number of carbonyl (C=O) groups is 1. The Kier molecular flexibility index (Phi) is 3.79. The fraction of sp³-hybridized carbons (Fsp3) is 0.500. The number of hydrogen-bond acceptors (Lipinski definition) is 2. The van der Waals surface area contributed by atoms with Crippen molar-refractivity contribution in [1.29, 1.82) is 0 Å². The molecule has 1 fully saturated rings. The summed E-state index contributed by atoms with van der Waals surface area (Å²) in [6.07, 6.45) is 1.19. The van der Waals surface area contributed by atoms with Crippen molar-refractivity contribution in [3.8, 4) is 0 Å². The van der Waals surface area contributed by atoms with E-state index in [1.54, 1.807) is 0 Å². The highest BCUT2D eigenvalue weighted by molar-refractivity contribution is 5.94. The van der Waals surface area contributed by atoms with Gasteiger partial charge in [-0.15, -0.1) is 0 Å². The Balaban J connectivity index is 1.85. The summed E-state index contributed by atoms with van der Waals surface area (Å²) in [5, 5.41) is 3.02. The summed E-state index contributed by atoms with van der Waals surface area (Å²) in [4.78, 5) is 14.2. The van der Waals surface area contributed by atoms with Crippen LogP contribution in [-0.4, -0.2) is 37.5 Å². The summed E-state index contributed by atoms with van der Waals surface area (Å²) in [5.74, 6) is 0.650. The van der Waals surface area contributed by atoms with E-state index in [0.29, 0.717) is 5.92 Å². The molecule has 0 saturated carbocycles. The van der Waals surface area contributed by atoms with Crippen molar-refractivity contribution in [3.63, 3.8) is 0 Å². The lowest BCUT2D eigenvalue weighted by Gasteiger charge is -2.11. The lowest BCUT2D eigenvalue weighted by molar-refractivity contribution is 0.0947. The standard InChI is InChI=1S/C14H20N2O/c1-11-4-3-5-13(8-11)14(17)15-9-12-6-7-16(2)10-12/h3-5,8,12H,6-7,9-10H2,1-2H3,(H,15,17). The molecule has 1 atom stereocenters. The third-order valence-corrected chi connectivity index (χ3v) is 3.32. The second kappa shape index (κ2) is 5.32. The van der Waals surface area contributed by atoms with Gasteiger partial charge in [-0.2, -0.15) is 0 Å². The van der Waals surface area contributed by atoms with E-state index in [9.17, 15) is 4.79 Å². The second-order valence-electron chi connectivity index (χ2n) is 5.00. The van der Waals surface area contributed by atoms with Crippen molar-refractivity contribution in [3.05, 3.63) is 35.4 Å². The van der Waals surface area contributed by atoms with Crippen LogP contribution in [0, 0.1) is 12.8 Å². The number of benzene rings is 1. The number of amides is 1. The minimum atomic E-state index is 0.0447. The Labute approximate surface area is 103 Å². The lowest BCUT2D eigenvalue weighted by Crippen LogP contribution is -2.30. The van der Waals surface area contributed by atoms with Gasteiger partial charge in [0.25, 0.3) is 5.91 Å². The first-order chi connectivity index (χ1) is 8.15. The number of likely N-dealkylation sites (tertiary alicyclic amines) is 1. The van der Waals surface area contributed by atoms with Crippen LogP contribution < -0.4 is 5.32 Å². The molecular weight excluding hydrogens is 212 g/mol. The summed E-state index contributed by atoms with van der Waals surface area (Å²) in [6.45, 7) is 5.03. The van der Waals surface area contributed by atoms with Crippen molar-refractivity contribution >= 4 is 5.91 Å². The maximum atomic E-state index is 11.9. The fourth-order valence-corrected chi connectivity index (χ4v) is 2.32. The van der Waals surface area contributed by atoms with Crippen LogP contribution in [0.4, 0.5) is 0 Å². The number of rotatable bonds is 3. The number of carbonyl (C=O) groups excluding carboxylic acids is 1. The van der Waals surface area contributed by atoms with E-state index in [4.69, 9.17) is 0 Å². The maximum Gasteiger partial charge on any atom is 0.251 e. The van der Waals surface area contributed by atoms with Crippen molar-refractivity contribution in [2.24, 2.45) is 5.92 Å². The maximum absolute atomic E-state index is 11.9. The summed E-state index contributed by atoms with van der Waals surface area (Å²) in [5.41, 5.74) is 1.88. The molecule has 1 unspecified atom stereocenters. The molecule has 1 heterocycles. The van der Waals surface area contributed by atoms with Gasteiger partial charge < -0.3 is 10.2 Å². The molecule has 0 aliphatic carbocycles. The Morgan fingerprint density at radius 2 is 2.35 bits per heavy atom. The van der Waals surface area contributed by atoms with Crippen LogP contribution in [0.5, 0.6) is 0 Å². The molecule has 1 aromatic rings. The predicted molar refractivity (Wildman–Crippen MR) is 69.1 cm³/mol. The Bertz CT molecular complexity index is 403. The van der Waals surface area contributed by atoms with Crippen molar-refractivity contribution in [2.45, 2.75) is 13.3 Å².